The van der Waals surface area contributed by atoms with Crippen molar-refractivity contribution in [1.82, 2.24) is 24.5 Å². The van der Waals surface area contributed by atoms with Gasteiger partial charge in [-0.1, -0.05) is 12.1 Å². The molecule has 0 unspecified atom stereocenters. The second-order valence-electron chi connectivity index (χ2n) is 6.35. The van der Waals surface area contributed by atoms with Crippen LogP contribution in [-0.4, -0.2) is 33.0 Å². The molecule has 0 atom stereocenters. The van der Waals surface area contributed by atoms with Crippen molar-refractivity contribution >= 4 is 26.6 Å². The summed E-state index contributed by atoms with van der Waals surface area (Å²) in [7, 11) is -2.47. The Morgan fingerprint density at radius 1 is 1.13 bits per heavy atom. The lowest BCUT2D eigenvalue weighted by Gasteiger charge is -2.09. The first-order valence-electron chi connectivity index (χ1n) is 8.35. The topological polar surface area (TPSA) is 115 Å². The summed E-state index contributed by atoms with van der Waals surface area (Å²) in [5.41, 5.74) is -1.36. The SMILES string of the molecule is Cn1ncc2cccc(NS(=O)(=O)c3cnn(-c4cc(C(F)(F)F)cc(=O)[nH]4)c3)c21. The van der Waals surface area contributed by atoms with Crippen LogP contribution in [0.5, 0.6) is 0 Å². The number of benzene rings is 1. The quantitative estimate of drug-likeness (QED) is 0.507. The van der Waals surface area contributed by atoms with E-state index in [9.17, 15) is 26.4 Å². The normalized spacial score (nSPS) is 12.4. The number of aromatic nitrogens is 5. The number of aryl methyl sites for hydroxylation is 1. The molecule has 2 N–H and O–H groups in total. The molecule has 4 rings (SSSR count). The number of aromatic amines is 1. The monoisotopic (exact) mass is 438 g/mol. The largest absolute Gasteiger partial charge is 0.416 e. The Bertz CT molecular complexity index is 1420. The van der Waals surface area contributed by atoms with Crippen molar-refractivity contribution in [3.05, 3.63) is 64.8 Å². The molecule has 0 aliphatic rings. The number of hydrogen-bond donors (Lipinski definition) is 2. The van der Waals surface area contributed by atoms with E-state index in [1.54, 1.807) is 31.4 Å². The van der Waals surface area contributed by atoms with E-state index in [0.29, 0.717) is 17.6 Å². The number of anilines is 1. The molecule has 0 bridgehead atoms. The number of nitrogens with zero attached hydrogens (tertiary/aromatic N) is 4. The maximum Gasteiger partial charge on any atom is 0.416 e. The Morgan fingerprint density at radius 3 is 2.63 bits per heavy atom. The molecule has 3 heterocycles. The van der Waals surface area contributed by atoms with Crippen LogP contribution >= 0.6 is 0 Å². The lowest BCUT2D eigenvalue weighted by atomic mass is 10.2. The van der Waals surface area contributed by atoms with Crippen LogP contribution in [-0.2, 0) is 23.2 Å². The molecular weight excluding hydrogens is 425 g/mol. The van der Waals surface area contributed by atoms with Gasteiger partial charge in [-0.15, -0.1) is 0 Å². The third kappa shape index (κ3) is 3.54. The average molecular weight is 438 g/mol. The van der Waals surface area contributed by atoms with Gasteiger partial charge in [-0.3, -0.25) is 14.2 Å². The predicted molar refractivity (Wildman–Crippen MR) is 101 cm³/mol. The van der Waals surface area contributed by atoms with Crippen molar-refractivity contribution in [3.8, 4) is 5.82 Å². The van der Waals surface area contributed by atoms with Crippen molar-refractivity contribution in [1.29, 1.82) is 0 Å². The first kappa shape index (κ1) is 19.7. The number of hydrogen-bond acceptors (Lipinski definition) is 5. The Labute approximate surface area is 166 Å². The third-order valence-electron chi connectivity index (χ3n) is 4.28. The fourth-order valence-electron chi connectivity index (χ4n) is 2.91. The summed E-state index contributed by atoms with van der Waals surface area (Å²) in [6.45, 7) is 0. The van der Waals surface area contributed by atoms with E-state index < -0.39 is 27.3 Å². The maximum atomic E-state index is 12.9. The highest BCUT2D eigenvalue weighted by molar-refractivity contribution is 7.92. The minimum atomic E-state index is -4.74. The molecule has 156 valence electrons. The molecule has 1 aromatic carbocycles. The molecule has 9 nitrogen and oxygen atoms in total. The first-order chi connectivity index (χ1) is 14.0. The fourth-order valence-corrected chi connectivity index (χ4v) is 3.91. The van der Waals surface area contributed by atoms with Crippen molar-refractivity contribution in [2.45, 2.75) is 11.1 Å². The smallest absolute Gasteiger partial charge is 0.307 e. The summed E-state index contributed by atoms with van der Waals surface area (Å²) in [5.74, 6) is -0.329. The summed E-state index contributed by atoms with van der Waals surface area (Å²) in [6, 6.07) is 6.03. The zero-order chi connectivity index (χ0) is 21.7. The van der Waals surface area contributed by atoms with E-state index in [1.807, 2.05) is 0 Å². The summed E-state index contributed by atoms with van der Waals surface area (Å²) in [5, 5.41) is 8.57. The molecule has 4 aromatic rings. The number of H-pyrrole nitrogens is 1. The Morgan fingerprint density at radius 2 is 1.90 bits per heavy atom. The summed E-state index contributed by atoms with van der Waals surface area (Å²) < 4.78 is 69.1. The minimum Gasteiger partial charge on any atom is -0.307 e. The van der Waals surface area contributed by atoms with Crippen LogP contribution in [0.3, 0.4) is 0 Å². The van der Waals surface area contributed by atoms with Crippen LogP contribution < -0.4 is 10.3 Å². The number of para-hydroxylation sites is 1. The average Bonchev–Trinajstić information content (AvgIpc) is 3.29. The molecule has 0 saturated carbocycles. The van der Waals surface area contributed by atoms with E-state index in [2.05, 4.69) is 19.9 Å². The van der Waals surface area contributed by atoms with Crippen LogP contribution in [0.2, 0.25) is 0 Å². The molecule has 0 aliphatic carbocycles. The van der Waals surface area contributed by atoms with Crippen LogP contribution in [0.15, 0.2) is 58.6 Å². The van der Waals surface area contributed by atoms with Crippen molar-refractivity contribution in [2.75, 3.05) is 4.72 Å². The third-order valence-corrected chi connectivity index (χ3v) is 5.60. The van der Waals surface area contributed by atoms with Crippen LogP contribution in [0, 0.1) is 0 Å². The molecule has 30 heavy (non-hydrogen) atoms. The number of alkyl halides is 3. The number of pyridine rings is 1. The fraction of sp³-hybridized carbons (Fsp3) is 0.118. The minimum absolute atomic E-state index is 0.271. The number of fused-ring (bicyclic) bond motifs is 1. The number of nitrogens with one attached hydrogen (secondary N) is 2. The molecule has 0 fully saturated rings. The predicted octanol–water partition coefficient (Wildman–Crippen LogP) is 2.27. The van der Waals surface area contributed by atoms with Crippen molar-refractivity contribution in [3.63, 3.8) is 0 Å². The second-order valence-corrected chi connectivity index (χ2v) is 8.04. The zero-order valence-electron chi connectivity index (χ0n) is 15.2. The van der Waals surface area contributed by atoms with Gasteiger partial charge in [0.15, 0.2) is 0 Å². The van der Waals surface area contributed by atoms with Gasteiger partial charge < -0.3 is 4.98 Å². The Hall–Kier alpha value is -3.61. The van der Waals surface area contributed by atoms with Crippen LogP contribution in [0.25, 0.3) is 16.7 Å². The number of halogens is 3. The maximum absolute atomic E-state index is 12.9. The summed E-state index contributed by atoms with van der Waals surface area (Å²) in [4.78, 5) is 13.5. The summed E-state index contributed by atoms with van der Waals surface area (Å²) >= 11 is 0. The molecule has 0 saturated heterocycles. The number of sulfonamides is 1. The van der Waals surface area contributed by atoms with Gasteiger partial charge in [-0.05, 0) is 12.1 Å². The van der Waals surface area contributed by atoms with E-state index in [4.69, 9.17) is 0 Å². The van der Waals surface area contributed by atoms with Crippen LogP contribution in [0.4, 0.5) is 18.9 Å². The molecule has 13 heteroatoms. The van der Waals surface area contributed by atoms with Gasteiger partial charge >= 0.3 is 6.18 Å². The highest BCUT2D eigenvalue weighted by Gasteiger charge is 2.31. The van der Waals surface area contributed by atoms with Gasteiger partial charge in [0.2, 0.25) is 5.56 Å². The van der Waals surface area contributed by atoms with E-state index in [0.717, 1.165) is 22.5 Å². The number of rotatable bonds is 4. The molecule has 0 spiro atoms. The first-order valence-corrected chi connectivity index (χ1v) is 9.83. The van der Waals surface area contributed by atoms with Crippen molar-refractivity contribution < 1.29 is 21.6 Å². The molecule has 3 aromatic heterocycles. The highest BCUT2D eigenvalue weighted by atomic mass is 32.2. The second kappa shape index (κ2) is 6.73. The molecule has 0 radical (unpaired) electrons. The molecule has 0 amide bonds. The molecular formula is C17H13F3N6O3S. The van der Waals surface area contributed by atoms with Gasteiger partial charge in [0, 0.05) is 18.5 Å². The van der Waals surface area contributed by atoms with E-state index in [-0.39, 0.29) is 16.4 Å². The van der Waals surface area contributed by atoms with Gasteiger partial charge in [-0.25, -0.2) is 13.1 Å². The lowest BCUT2D eigenvalue weighted by Crippen LogP contribution is -2.16. The van der Waals surface area contributed by atoms with Gasteiger partial charge in [0.05, 0.1) is 35.4 Å². The van der Waals surface area contributed by atoms with Crippen molar-refractivity contribution in [2.24, 2.45) is 7.05 Å². The van der Waals surface area contributed by atoms with Gasteiger partial charge in [0.1, 0.15) is 10.7 Å². The van der Waals surface area contributed by atoms with E-state index in [1.165, 1.54) is 4.68 Å². The van der Waals surface area contributed by atoms with E-state index >= 15 is 0 Å². The van der Waals surface area contributed by atoms with Crippen LogP contribution in [0.1, 0.15) is 5.56 Å². The van der Waals surface area contributed by atoms with Gasteiger partial charge in [-0.2, -0.15) is 23.4 Å². The highest BCUT2D eigenvalue weighted by Crippen LogP contribution is 2.29. The lowest BCUT2D eigenvalue weighted by molar-refractivity contribution is -0.137. The molecule has 0 aliphatic heterocycles. The van der Waals surface area contributed by atoms with Gasteiger partial charge in [0.25, 0.3) is 10.0 Å². The Kier molecular flexibility index (Phi) is 4.42. The summed E-state index contributed by atoms with van der Waals surface area (Å²) in [6.07, 6.45) is -1.20. The Balaban J connectivity index is 1.71. The zero-order valence-corrected chi connectivity index (χ0v) is 16.0. The standard InChI is InChI=1S/C17H13F3N6O3S/c1-25-16-10(7-21-25)3-2-4-13(16)24-30(28,29)12-8-22-26(9-12)14-5-11(17(18,19)20)6-15(27)23-14/h2-9,24H,1H3,(H,23,27).